The number of rotatable bonds is 7. The molecule has 116 valence electrons. The van der Waals surface area contributed by atoms with E-state index in [4.69, 9.17) is 0 Å². The Balaban J connectivity index is 2.22. The van der Waals surface area contributed by atoms with Crippen molar-refractivity contribution in [1.29, 1.82) is 0 Å². The van der Waals surface area contributed by atoms with Gasteiger partial charge in [-0.25, -0.2) is 4.98 Å². The lowest BCUT2D eigenvalue weighted by atomic mass is 9.85. The monoisotopic (exact) mass is 290 g/mol. The van der Waals surface area contributed by atoms with E-state index in [1.54, 1.807) is 6.33 Å². The highest BCUT2D eigenvalue weighted by molar-refractivity contribution is 5.83. The van der Waals surface area contributed by atoms with Crippen molar-refractivity contribution in [1.82, 2.24) is 19.9 Å². The van der Waals surface area contributed by atoms with Crippen LogP contribution in [0.3, 0.4) is 0 Å². The molecule has 6 heteroatoms. The van der Waals surface area contributed by atoms with Crippen LogP contribution in [-0.4, -0.2) is 33.0 Å². The van der Waals surface area contributed by atoms with E-state index in [1.165, 1.54) is 0 Å². The fraction of sp³-hybridized carbons (Fsp3) is 0.667. The molecule has 0 spiro atoms. The lowest BCUT2D eigenvalue weighted by Crippen LogP contribution is -2.25. The molecule has 0 atom stereocenters. The van der Waals surface area contributed by atoms with Crippen LogP contribution >= 0.6 is 0 Å². The predicted molar refractivity (Wildman–Crippen MR) is 87.5 cm³/mol. The first-order chi connectivity index (χ1) is 10.0. The van der Waals surface area contributed by atoms with Gasteiger partial charge in [0.05, 0.1) is 6.33 Å². The third-order valence-corrected chi connectivity index (χ3v) is 3.84. The molecule has 6 nitrogen and oxygen atoms in total. The maximum absolute atomic E-state index is 4.55. The zero-order valence-electron chi connectivity index (χ0n) is 13.6. The maximum atomic E-state index is 4.55. The van der Waals surface area contributed by atoms with Crippen molar-refractivity contribution in [2.45, 2.75) is 34.6 Å². The molecular weight excluding hydrogens is 264 g/mol. The van der Waals surface area contributed by atoms with Gasteiger partial charge in [0, 0.05) is 13.1 Å². The minimum Gasteiger partial charge on any atom is -0.368 e. The number of H-pyrrole nitrogens is 1. The molecule has 2 aromatic heterocycles. The molecule has 0 radical (unpaired) electrons. The summed E-state index contributed by atoms with van der Waals surface area (Å²) in [5.74, 6) is 3.29. The number of aromatic nitrogens is 4. The van der Waals surface area contributed by atoms with Crippen molar-refractivity contribution >= 4 is 22.9 Å². The number of hydrogen-bond acceptors (Lipinski definition) is 5. The van der Waals surface area contributed by atoms with Crippen LogP contribution in [0.25, 0.3) is 11.2 Å². The molecule has 0 saturated heterocycles. The zero-order valence-corrected chi connectivity index (χ0v) is 13.6. The van der Waals surface area contributed by atoms with Crippen LogP contribution in [0.2, 0.25) is 0 Å². The summed E-state index contributed by atoms with van der Waals surface area (Å²) in [7, 11) is 0. The summed E-state index contributed by atoms with van der Waals surface area (Å²) >= 11 is 0. The highest BCUT2D eigenvalue weighted by Crippen LogP contribution is 2.23. The highest BCUT2D eigenvalue weighted by Gasteiger charge is 2.18. The summed E-state index contributed by atoms with van der Waals surface area (Å²) in [6.07, 6.45) is 1.66. The van der Waals surface area contributed by atoms with Crippen LogP contribution in [0.5, 0.6) is 0 Å². The van der Waals surface area contributed by atoms with Gasteiger partial charge in [0.25, 0.3) is 0 Å². The van der Waals surface area contributed by atoms with Gasteiger partial charge in [0.2, 0.25) is 5.95 Å². The molecule has 2 rings (SSSR count). The second-order valence-corrected chi connectivity index (χ2v) is 6.06. The van der Waals surface area contributed by atoms with Gasteiger partial charge in [-0.1, -0.05) is 27.7 Å². The lowest BCUT2D eigenvalue weighted by Gasteiger charge is -2.25. The van der Waals surface area contributed by atoms with Gasteiger partial charge in [0.15, 0.2) is 11.5 Å². The van der Waals surface area contributed by atoms with Gasteiger partial charge in [-0.3, -0.25) is 0 Å². The molecule has 0 amide bonds. The number of nitrogens with zero attached hydrogens (tertiary/aromatic N) is 3. The number of anilines is 2. The maximum Gasteiger partial charge on any atom is 0.226 e. The molecular formula is C15H26N6. The molecule has 0 unspecified atom stereocenters. The Kier molecular flexibility index (Phi) is 4.98. The Morgan fingerprint density at radius 3 is 2.43 bits per heavy atom. The van der Waals surface area contributed by atoms with Gasteiger partial charge in [-0.2, -0.15) is 9.97 Å². The smallest absolute Gasteiger partial charge is 0.226 e. The van der Waals surface area contributed by atoms with Crippen molar-refractivity contribution in [3.63, 3.8) is 0 Å². The van der Waals surface area contributed by atoms with Crippen LogP contribution in [0.15, 0.2) is 6.33 Å². The third kappa shape index (κ3) is 3.62. The van der Waals surface area contributed by atoms with E-state index in [-0.39, 0.29) is 0 Å². The average Bonchev–Trinajstić information content (AvgIpc) is 2.86. The fourth-order valence-electron chi connectivity index (χ4n) is 2.65. The number of nitrogens with one attached hydrogen (secondary N) is 3. The first kappa shape index (κ1) is 15.5. The van der Waals surface area contributed by atoms with Gasteiger partial charge in [-0.15, -0.1) is 0 Å². The lowest BCUT2D eigenvalue weighted by molar-refractivity contribution is 0.304. The van der Waals surface area contributed by atoms with Crippen LogP contribution in [-0.2, 0) is 0 Å². The van der Waals surface area contributed by atoms with Crippen LogP contribution in [0.1, 0.15) is 34.6 Å². The minimum atomic E-state index is 0.598. The average molecular weight is 290 g/mol. The van der Waals surface area contributed by atoms with Crippen molar-refractivity contribution in [3.05, 3.63) is 6.33 Å². The summed E-state index contributed by atoms with van der Waals surface area (Å²) in [6.45, 7) is 12.8. The van der Waals surface area contributed by atoms with Crippen LogP contribution < -0.4 is 10.6 Å². The number of hydrogen-bond donors (Lipinski definition) is 3. The second-order valence-electron chi connectivity index (χ2n) is 6.06. The Bertz CT molecular complexity index is 567. The summed E-state index contributed by atoms with van der Waals surface area (Å²) in [6, 6.07) is 0. The molecule has 0 fully saturated rings. The Morgan fingerprint density at radius 2 is 1.81 bits per heavy atom. The molecule has 0 saturated carbocycles. The molecule has 0 aliphatic rings. The summed E-state index contributed by atoms with van der Waals surface area (Å²) in [5.41, 5.74) is 1.55. The molecule has 2 aromatic rings. The van der Waals surface area contributed by atoms with Gasteiger partial charge in [-0.05, 0) is 24.7 Å². The summed E-state index contributed by atoms with van der Waals surface area (Å²) in [4.78, 5) is 16.3. The fourth-order valence-corrected chi connectivity index (χ4v) is 2.65. The van der Waals surface area contributed by atoms with Crippen LogP contribution in [0.4, 0.5) is 11.8 Å². The molecule has 0 bridgehead atoms. The first-order valence-electron chi connectivity index (χ1n) is 7.71. The van der Waals surface area contributed by atoms with Crippen molar-refractivity contribution in [3.8, 4) is 0 Å². The SMILES string of the molecule is CCNc1nc(NCC(C(C)C)C(C)C)c2[nH]cnc2n1. The quantitative estimate of drug-likeness (QED) is 0.730. The summed E-state index contributed by atoms with van der Waals surface area (Å²) < 4.78 is 0. The first-order valence-corrected chi connectivity index (χ1v) is 7.71. The van der Waals surface area contributed by atoms with E-state index in [0.29, 0.717) is 29.3 Å². The minimum absolute atomic E-state index is 0.598. The van der Waals surface area contributed by atoms with E-state index in [0.717, 1.165) is 24.4 Å². The Morgan fingerprint density at radius 1 is 1.10 bits per heavy atom. The predicted octanol–water partition coefficient (Wildman–Crippen LogP) is 3.12. The van der Waals surface area contributed by atoms with Crippen LogP contribution in [0, 0.1) is 17.8 Å². The standard InChI is InChI=1S/C15H26N6/c1-6-16-15-20-13(12-14(21-15)19-8-18-12)17-7-11(9(2)3)10(4)5/h8-11H,6-7H2,1-5H3,(H3,16,17,18,19,20,21). The van der Waals surface area contributed by atoms with E-state index in [1.807, 2.05) is 6.92 Å². The number of fused-ring (bicyclic) bond motifs is 1. The second kappa shape index (κ2) is 6.74. The number of aromatic amines is 1. The van der Waals surface area contributed by atoms with Crippen molar-refractivity contribution < 1.29 is 0 Å². The van der Waals surface area contributed by atoms with Crippen molar-refractivity contribution in [2.24, 2.45) is 17.8 Å². The van der Waals surface area contributed by atoms with E-state index < -0.39 is 0 Å². The van der Waals surface area contributed by atoms with Crippen molar-refractivity contribution in [2.75, 3.05) is 23.7 Å². The molecule has 0 aliphatic carbocycles. The molecule has 3 N–H and O–H groups in total. The molecule has 0 aliphatic heterocycles. The normalized spacial score (nSPS) is 11.8. The van der Waals surface area contributed by atoms with E-state index >= 15 is 0 Å². The molecule has 2 heterocycles. The van der Waals surface area contributed by atoms with Gasteiger partial charge < -0.3 is 15.6 Å². The third-order valence-electron chi connectivity index (χ3n) is 3.84. The highest BCUT2D eigenvalue weighted by atomic mass is 15.2. The topological polar surface area (TPSA) is 78.5 Å². The Labute approximate surface area is 126 Å². The van der Waals surface area contributed by atoms with E-state index in [9.17, 15) is 0 Å². The largest absolute Gasteiger partial charge is 0.368 e. The van der Waals surface area contributed by atoms with Gasteiger partial charge >= 0.3 is 0 Å². The zero-order chi connectivity index (χ0) is 15.4. The molecule has 21 heavy (non-hydrogen) atoms. The van der Waals surface area contributed by atoms with Gasteiger partial charge in [0.1, 0.15) is 5.52 Å². The number of imidazole rings is 1. The summed E-state index contributed by atoms with van der Waals surface area (Å²) in [5, 5.41) is 6.62. The molecule has 0 aromatic carbocycles. The Hall–Kier alpha value is -1.85. The van der Waals surface area contributed by atoms with E-state index in [2.05, 4.69) is 58.3 Å².